The first-order chi connectivity index (χ1) is 10.5. The molecule has 3 rings (SSSR count). The molecule has 0 spiro atoms. The number of carbonyl (C=O) groups is 2. The molecule has 6 heteroatoms. The third-order valence-corrected chi connectivity index (χ3v) is 5.12. The third-order valence-electron chi connectivity index (χ3n) is 3.90. The van der Waals surface area contributed by atoms with E-state index < -0.39 is 5.97 Å². The fourth-order valence-electron chi connectivity index (χ4n) is 2.76. The molecule has 2 aromatic rings. The van der Waals surface area contributed by atoms with Gasteiger partial charge in [0.05, 0.1) is 11.4 Å². The Bertz CT molecular complexity index is 722. The number of hydrogen-bond acceptors (Lipinski definition) is 4. The van der Waals surface area contributed by atoms with Crippen LogP contribution in [-0.4, -0.2) is 28.9 Å². The SMILES string of the molecule is Cc1oc(CN(C)C(=O)c2cc3c(s2)CCC3)cc1C(=O)O. The number of aromatic carboxylic acids is 1. The minimum absolute atomic E-state index is 0.0506. The topological polar surface area (TPSA) is 70.8 Å². The second-order valence-corrected chi connectivity index (χ2v) is 6.70. The number of amides is 1. The van der Waals surface area contributed by atoms with Gasteiger partial charge in [-0.25, -0.2) is 4.79 Å². The number of carboxylic acids is 1. The van der Waals surface area contributed by atoms with Gasteiger partial charge in [-0.15, -0.1) is 11.3 Å². The van der Waals surface area contributed by atoms with Crippen molar-refractivity contribution >= 4 is 23.2 Å². The number of carbonyl (C=O) groups excluding carboxylic acids is 1. The number of carboxylic acid groups (broad SMARTS) is 1. The van der Waals surface area contributed by atoms with E-state index in [-0.39, 0.29) is 18.0 Å². The molecule has 0 saturated carbocycles. The van der Waals surface area contributed by atoms with Gasteiger partial charge in [-0.05, 0) is 43.9 Å². The summed E-state index contributed by atoms with van der Waals surface area (Å²) in [6, 6.07) is 3.47. The second kappa shape index (κ2) is 5.61. The summed E-state index contributed by atoms with van der Waals surface area (Å²) < 4.78 is 5.42. The van der Waals surface area contributed by atoms with Crippen LogP contribution in [0.15, 0.2) is 16.5 Å². The summed E-state index contributed by atoms with van der Waals surface area (Å²) in [5, 5.41) is 9.03. The van der Waals surface area contributed by atoms with Crippen molar-refractivity contribution in [1.29, 1.82) is 0 Å². The van der Waals surface area contributed by atoms with E-state index in [9.17, 15) is 9.59 Å². The van der Waals surface area contributed by atoms with Gasteiger partial charge in [-0.3, -0.25) is 4.79 Å². The Labute approximate surface area is 132 Å². The summed E-state index contributed by atoms with van der Waals surface area (Å²) in [5.74, 6) is -0.227. The second-order valence-electron chi connectivity index (χ2n) is 5.56. The molecule has 1 aliphatic carbocycles. The largest absolute Gasteiger partial charge is 0.478 e. The maximum Gasteiger partial charge on any atom is 0.339 e. The molecule has 5 nitrogen and oxygen atoms in total. The van der Waals surface area contributed by atoms with Gasteiger partial charge in [0.1, 0.15) is 17.1 Å². The van der Waals surface area contributed by atoms with E-state index in [0.29, 0.717) is 11.5 Å². The first kappa shape index (κ1) is 14.8. The highest BCUT2D eigenvalue weighted by Crippen LogP contribution is 2.31. The summed E-state index contributed by atoms with van der Waals surface area (Å²) in [6.07, 6.45) is 3.30. The van der Waals surface area contributed by atoms with Gasteiger partial charge in [0.25, 0.3) is 5.91 Å². The molecule has 0 bridgehead atoms. The van der Waals surface area contributed by atoms with Crippen LogP contribution in [0.25, 0.3) is 0 Å². The van der Waals surface area contributed by atoms with Crippen molar-refractivity contribution in [3.63, 3.8) is 0 Å². The lowest BCUT2D eigenvalue weighted by atomic mass is 10.2. The van der Waals surface area contributed by atoms with Crippen LogP contribution in [0.1, 0.15) is 48.4 Å². The van der Waals surface area contributed by atoms with E-state index in [0.717, 1.165) is 17.7 Å². The fraction of sp³-hybridized carbons (Fsp3) is 0.375. The van der Waals surface area contributed by atoms with Crippen LogP contribution in [0.2, 0.25) is 0 Å². The number of nitrogens with zero attached hydrogens (tertiary/aromatic N) is 1. The molecule has 2 aromatic heterocycles. The van der Waals surface area contributed by atoms with Crippen LogP contribution in [0, 0.1) is 6.92 Å². The Morgan fingerprint density at radius 3 is 2.77 bits per heavy atom. The third kappa shape index (κ3) is 2.66. The van der Waals surface area contributed by atoms with Gasteiger partial charge < -0.3 is 14.4 Å². The fourth-order valence-corrected chi connectivity index (χ4v) is 4.01. The maximum absolute atomic E-state index is 12.5. The van der Waals surface area contributed by atoms with Crippen molar-refractivity contribution in [2.45, 2.75) is 32.7 Å². The van der Waals surface area contributed by atoms with Gasteiger partial charge in [0.15, 0.2) is 0 Å². The zero-order valence-corrected chi connectivity index (χ0v) is 13.3. The first-order valence-corrected chi connectivity index (χ1v) is 7.97. The molecule has 1 aliphatic rings. The highest BCUT2D eigenvalue weighted by molar-refractivity contribution is 7.14. The van der Waals surface area contributed by atoms with Crippen LogP contribution in [0.3, 0.4) is 0 Å². The molecule has 0 radical (unpaired) electrons. The molecule has 0 aromatic carbocycles. The Balaban J connectivity index is 1.73. The van der Waals surface area contributed by atoms with Crippen molar-refractivity contribution in [1.82, 2.24) is 4.90 Å². The molecule has 116 valence electrons. The highest BCUT2D eigenvalue weighted by Gasteiger charge is 2.22. The van der Waals surface area contributed by atoms with E-state index in [4.69, 9.17) is 9.52 Å². The molecule has 0 atom stereocenters. The molecule has 0 aliphatic heterocycles. The number of thiophene rings is 1. The van der Waals surface area contributed by atoms with E-state index in [2.05, 4.69) is 0 Å². The van der Waals surface area contributed by atoms with Gasteiger partial charge in [0.2, 0.25) is 0 Å². The zero-order chi connectivity index (χ0) is 15.9. The van der Waals surface area contributed by atoms with E-state index in [1.807, 2.05) is 6.07 Å². The summed E-state index contributed by atoms with van der Waals surface area (Å²) >= 11 is 1.57. The summed E-state index contributed by atoms with van der Waals surface area (Å²) in [4.78, 5) is 27.1. The first-order valence-electron chi connectivity index (χ1n) is 7.15. The maximum atomic E-state index is 12.5. The zero-order valence-electron chi connectivity index (χ0n) is 12.5. The van der Waals surface area contributed by atoms with Crippen molar-refractivity contribution in [2.75, 3.05) is 7.05 Å². The smallest absolute Gasteiger partial charge is 0.339 e. The average Bonchev–Trinajstić information content (AvgIpc) is 3.11. The number of fused-ring (bicyclic) bond motifs is 1. The summed E-state index contributed by atoms with van der Waals surface area (Å²) in [7, 11) is 1.70. The van der Waals surface area contributed by atoms with Crippen LogP contribution in [0.4, 0.5) is 0 Å². The quantitative estimate of drug-likeness (QED) is 0.940. The van der Waals surface area contributed by atoms with E-state index in [1.165, 1.54) is 22.9 Å². The Morgan fingerprint density at radius 2 is 2.14 bits per heavy atom. The molecule has 0 saturated heterocycles. The van der Waals surface area contributed by atoms with Crippen molar-refractivity contribution in [2.24, 2.45) is 0 Å². The van der Waals surface area contributed by atoms with Gasteiger partial charge in [-0.2, -0.15) is 0 Å². The molecule has 0 unspecified atom stereocenters. The Kier molecular flexibility index (Phi) is 3.78. The van der Waals surface area contributed by atoms with Crippen LogP contribution in [-0.2, 0) is 19.4 Å². The van der Waals surface area contributed by atoms with Crippen molar-refractivity contribution in [3.05, 3.63) is 44.5 Å². The van der Waals surface area contributed by atoms with Crippen molar-refractivity contribution < 1.29 is 19.1 Å². The molecule has 1 N–H and O–H groups in total. The average molecular weight is 319 g/mol. The minimum atomic E-state index is -1.02. The van der Waals surface area contributed by atoms with E-state index in [1.54, 1.807) is 30.2 Å². The number of rotatable bonds is 4. The van der Waals surface area contributed by atoms with Crippen LogP contribution < -0.4 is 0 Å². The molecular weight excluding hydrogens is 302 g/mol. The molecule has 1 amide bonds. The molecule has 2 heterocycles. The summed E-state index contributed by atoms with van der Waals surface area (Å²) in [6.45, 7) is 1.87. The predicted molar refractivity (Wildman–Crippen MR) is 82.5 cm³/mol. The monoisotopic (exact) mass is 319 g/mol. The lowest BCUT2D eigenvalue weighted by Gasteiger charge is -2.14. The van der Waals surface area contributed by atoms with E-state index >= 15 is 0 Å². The lowest BCUT2D eigenvalue weighted by Crippen LogP contribution is -2.25. The standard InChI is InChI=1S/C16H17NO4S/c1-9-12(16(19)20)7-11(21-9)8-17(2)15(18)14-6-10-4-3-5-13(10)22-14/h6-7H,3-5,8H2,1-2H3,(H,19,20). The van der Waals surface area contributed by atoms with Gasteiger partial charge >= 0.3 is 5.97 Å². The van der Waals surface area contributed by atoms with Crippen molar-refractivity contribution in [3.8, 4) is 0 Å². The molecular formula is C16H17NO4S. The normalized spacial score (nSPS) is 13.2. The number of aryl methyl sites for hydroxylation is 3. The van der Waals surface area contributed by atoms with Crippen LogP contribution >= 0.6 is 11.3 Å². The van der Waals surface area contributed by atoms with Gasteiger partial charge in [-0.1, -0.05) is 0 Å². The van der Waals surface area contributed by atoms with Gasteiger partial charge in [0, 0.05) is 11.9 Å². The highest BCUT2D eigenvalue weighted by atomic mass is 32.1. The molecule has 22 heavy (non-hydrogen) atoms. The number of furan rings is 1. The molecule has 0 fully saturated rings. The Hall–Kier alpha value is -2.08. The lowest BCUT2D eigenvalue weighted by molar-refractivity contribution is 0.0694. The van der Waals surface area contributed by atoms with Crippen LogP contribution in [0.5, 0.6) is 0 Å². The number of hydrogen-bond donors (Lipinski definition) is 1. The summed E-state index contributed by atoms with van der Waals surface area (Å²) in [5.41, 5.74) is 1.44. The Morgan fingerprint density at radius 1 is 1.36 bits per heavy atom. The minimum Gasteiger partial charge on any atom is -0.478 e. The predicted octanol–water partition coefficient (Wildman–Crippen LogP) is 3.11.